The monoisotopic (exact) mass is 206 g/mol. The molecule has 0 aromatic rings. The summed E-state index contributed by atoms with van der Waals surface area (Å²) >= 11 is 0. The van der Waals surface area contributed by atoms with Gasteiger partial charge in [-0.1, -0.05) is 38.5 Å². The summed E-state index contributed by atoms with van der Waals surface area (Å²) in [5.74, 6) is 0. The van der Waals surface area contributed by atoms with Crippen LogP contribution in [0.1, 0.15) is 64.2 Å². The van der Waals surface area contributed by atoms with E-state index in [4.69, 9.17) is 0 Å². The summed E-state index contributed by atoms with van der Waals surface area (Å²) < 4.78 is 0. The fraction of sp³-hybridized carbons (Fsp3) is 0.923. The molecule has 0 spiro atoms. The van der Waals surface area contributed by atoms with Gasteiger partial charge in [0.15, 0.2) is 0 Å². The number of nitrogens with zero attached hydrogens (tertiary/aromatic N) is 1. The van der Waals surface area contributed by atoms with Gasteiger partial charge in [0, 0.05) is 6.04 Å². The summed E-state index contributed by atoms with van der Waals surface area (Å²) in [5.41, 5.74) is -0.158. The highest BCUT2D eigenvalue weighted by Gasteiger charge is 2.35. The van der Waals surface area contributed by atoms with Crippen molar-refractivity contribution in [2.75, 3.05) is 0 Å². The summed E-state index contributed by atoms with van der Waals surface area (Å²) in [6.45, 7) is 0. The Balaban J connectivity index is 1.91. The molecule has 0 aromatic carbocycles. The first-order chi connectivity index (χ1) is 7.35. The van der Waals surface area contributed by atoms with E-state index >= 15 is 0 Å². The van der Waals surface area contributed by atoms with Crippen molar-refractivity contribution in [3.63, 3.8) is 0 Å². The van der Waals surface area contributed by atoms with Crippen molar-refractivity contribution in [2.24, 2.45) is 0 Å². The molecule has 2 nitrogen and oxygen atoms in total. The van der Waals surface area contributed by atoms with Gasteiger partial charge >= 0.3 is 0 Å². The third kappa shape index (κ3) is 2.72. The summed E-state index contributed by atoms with van der Waals surface area (Å²) in [5, 5.41) is 13.0. The summed E-state index contributed by atoms with van der Waals surface area (Å²) in [6, 6.07) is 3.15. The SMILES string of the molecule is N#CC1(NC2CCCCCC2)CCCC1. The topological polar surface area (TPSA) is 35.8 Å². The largest absolute Gasteiger partial charge is 0.297 e. The van der Waals surface area contributed by atoms with Gasteiger partial charge in [0.1, 0.15) is 5.54 Å². The molecule has 2 aliphatic rings. The average Bonchev–Trinajstić information content (AvgIpc) is 2.57. The molecule has 2 heteroatoms. The fourth-order valence-corrected chi connectivity index (χ4v) is 3.08. The second-order valence-corrected chi connectivity index (χ2v) is 5.23. The maximum atomic E-state index is 9.30. The van der Waals surface area contributed by atoms with E-state index in [1.165, 1.54) is 51.4 Å². The summed E-state index contributed by atoms with van der Waals surface area (Å²) in [7, 11) is 0. The highest BCUT2D eigenvalue weighted by molar-refractivity contribution is 5.10. The zero-order chi connectivity index (χ0) is 10.6. The number of hydrogen-bond donors (Lipinski definition) is 1. The molecule has 2 saturated carbocycles. The van der Waals surface area contributed by atoms with Crippen LogP contribution in [0.25, 0.3) is 0 Å². The molecule has 0 saturated heterocycles. The Bertz CT molecular complexity index is 227. The third-order valence-electron chi connectivity index (χ3n) is 4.01. The molecule has 2 fully saturated rings. The van der Waals surface area contributed by atoms with Gasteiger partial charge in [-0.15, -0.1) is 0 Å². The van der Waals surface area contributed by atoms with E-state index in [9.17, 15) is 5.26 Å². The first kappa shape index (κ1) is 11.0. The predicted molar refractivity (Wildman–Crippen MR) is 61.4 cm³/mol. The molecular formula is C13H22N2. The van der Waals surface area contributed by atoms with Crippen LogP contribution in [0.2, 0.25) is 0 Å². The van der Waals surface area contributed by atoms with Crippen LogP contribution in [0, 0.1) is 11.3 Å². The normalized spacial score (nSPS) is 27.1. The number of hydrogen-bond acceptors (Lipinski definition) is 2. The van der Waals surface area contributed by atoms with Crippen molar-refractivity contribution >= 4 is 0 Å². The molecule has 2 rings (SSSR count). The van der Waals surface area contributed by atoms with E-state index in [1.807, 2.05) is 0 Å². The van der Waals surface area contributed by atoms with Gasteiger partial charge < -0.3 is 0 Å². The minimum absolute atomic E-state index is 0.158. The second-order valence-electron chi connectivity index (χ2n) is 5.23. The van der Waals surface area contributed by atoms with E-state index in [0.717, 1.165) is 12.8 Å². The third-order valence-corrected chi connectivity index (χ3v) is 4.01. The number of nitrogens with one attached hydrogen (secondary N) is 1. The summed E-state index contributed by atoms with van der Waals surface area (Å²) in [6.07, 6.45) is 12.6. The smallest absolute Gasteiger partial charge is 0.106 e. The predicted octanol–water partition coefficient (Wildman–Crippen LogP) is 3.14. The van der Waals surface area contributed by atoms with Crippen LogP contribution < -0.4 is 5.32 Å². The van der Waals surface area contributed by atoms with Gasteiger partial charge in [0.05, 0.1) is 6.07 Å². The van der Waals surface area contributed by atoms with Crippen LogP contribution in [-0.4, -0.2) is 11.6 Å². The van der Waals surface area contributed by atoms with Crippen LogP contribution in [0.3, 0.4) is 0 Å². The maximum Gasteiger partial charge on any atom is 0.106 e. The first-order valence-corrected chi connectivity index (χ1v) is 6.54. The zero-order valence-electron chi connectivity index (χ0n) is 9.60. The van der Waals surface area contributed by atoms with E-state index in [0.29, 0.717) is 6.04 Å². The quantitative estimate of drug-likeness (QED) is 0.705. The lowest BCUT2D eigenvalue weighted by Gasteiger charge is -2.28. The van der Waals surface area contributed by atoms with E-state index in [1.54, 1.807) is 0 Å². The Morgan fingerprint density at radius 2 is 1.53 bits per heavy atom. The van der Waals surface area contributed by atoms with Crippen molar-refractivity contribution in [3.8, 4) is 6.07 Å². The zero-order valence-corrected chi connectivity index (χ0v) is 9.60. The molecular weight excluding hydrogens is 184 g/mol. The van der Waals surface area contributed by atoms with Gasteiger partial charge in [0.25, 0.3) is 0 Å². The molecule has 0 aromatic heterocycles. The lowest BCUT2D eigenvalue weighted by Crippen LogP contribution is -2.47. The lowest BCUT2D eigenvalue weighted by molar-refractivity contribution is 0.335. The van der Waals surface area contributed by atoms with Gasteiger partial charge in [0.2, 0.25) is 0 Å². The van der Waals surface area contributed by atoms with Gasteiger partial charge in [-0.05, 0) is 25.7 Å². The highest BCUT2D eigenvalue weighted by Crippen LogP contribution is 2.31. The molecule has 0 atom stereocenters. The van der Waals surface area contributed by atoms with E-state index in [2.05, 4.69) is 11.4 Å². The van der Waals surface area contributed by atoms with Crippen LogP contribution in [-0.2, 0) is 0 Å². The Morgan fingerprint density at radius 3 is 2.07 bits per heavy atom. The Labute approximate surface area is 93.0 Å². The van der Waals surface area contributed by atoms with E-state index in [-0.39, 0.29) is 5.54 Å². The fourth-order valence-electron chi connectivity index (χ4n) is 3.08. The Kier molecular flexibility index (Phi) is 3.64. The molecule has 2 aliphatic carbocycles. The van der Waals surface area contributed by atoms with Gasteiger partial charge in [-0.25, -0.2) is 0 Å². The van der Waals surface area contributed by atoms with Gasteiger partial charge in [-0.3, -0.25) is 5.32 Å². The van der Waals surface area contributed by atoms with Crippen molar-refractivity contribution in [2.45, 2.75) is 75.8 Å². The van der Waals surface area contributed by atoms with Crippen LogP contribution in [0.15, 0.2) is 0 Å². The highest BCUT2D eigenvalue weighted by atomic mass is 15.0. The molecule has 0 bridgehead atoms. The minimum atomic E-state index is -0.158. The van der Waals surface area contributed by atoms with E-state index < -0.39 is 0 Å². The second kappa shape index (κ2) is 4.99. The molecule has 0 unspecified atom stereocenters. The maximum absolute atomic E-state index is 9.30. The van der Waals surface area contributed by atoms with Crippen LogP contribution in [0.4, 0.5) is 0 Å². The van der Waals surface area contributed by atoms with Crippen molar-refractivity contribution in [1.29, 1.82) is 5.26 Å². The minimum Gasteiger partial charge on any atom is -0.297 e. The van der Waals surface area contributed by atoms with Crippen LogP contribution in [0.5, 0.6) is 0 Å². The number of nitriles is 1. The molecule has 15 heavy (non-hydrogen) atoms. The first-order valence-electron chi connectivity index (χ1n) is 6.54. The van der Waals surface area contributed by atoms with Gasteiger partial charge in [-0.2, -0.15) is 5.26 Å². The Morgan fingerprint density at radius 1 is 0.933 bits per heavy atom. The summed E-state index contributed by atoms with van der Waals surface area (Å²) in [4.78, 5) is 0. The molecule has 0 radical (unpaired) electrons. The Hall–Kier alpha value is -0.550. The molecule has 1 N–H and O–H groups in total. The molecule has 0 heterocycles. The molecule has 84 valence electrons. The number of rotatable bonds is 2. The molecule has 0 amide bonds. The molecule has 0 aliphatic heterocycles. The lowest BCUT2D eigenvalue weighted by atomic mass is 9.96. The van der Waals surface area contributed by atoms with Crippen LogP contribution >= 0.6 is 0 Å². The van der Waals surface area contributed by atoms with Crippen molar-refractivity contribution < 1.29 is 0 Å². The van der Waals surface area contributed by atoms with Crippen molar-refractivity contribution in [3.05, 3.63) is 0 Å². The van der Waals surface area contributed by atoms with Crippen molar-refractivity contribution in [1.82, 2.24) is 5.32 Å². The average molecular weight is 206 g/mol. The standard InChI is InChI=1S/C13H22N2/c14-11-13(9-5-6-10-13)15-12-7-3-1-2-4-8-12/h12,15H,1-10H2.